The van der Waals surface area contributed by atoms with Crippen molar-refractivity contribution in [2.75, 3.05) is 13.7 Å². The van der Waals surface area contributed by atoms with Gasteiger partial charge in [0.2, 0.25) is 0 Å². The normalized spacial score (nSPS) is 14.0. The molecule has 0 unspecified atom stereocenters. The summed E-state index contributed by atoms with van der Waals surface area (Å²) in [5, 5.41) is 0.634. The Bertz CT molecular complexity index is 1070. The predicted octanol–water partition coefficient (Wildman–Crippen LogP) is 3.80. The third-order valence-corrected chi connectivity index (χ3v) is 5.14. The molecule has 1 aliphatic heterocycles. The first-order valence-corrected chi connectivity index (χ1v) is 9.34. The standard InChI is InChI=1S/C21H19ClFN3O2/c1-28-19-7-2-13(10-17(19)23)11-26-9-8-18-16(12-26)21(27)25-20(24-18)14-3-5-15(22)6-4-14/h2-7,10H,8-9,11-12H2,1H3,(H,24,25,27). The van der Waals surface area contributed by atoms with Crippen LogP contribution in [0.15, 0.2) is 47.3 Å². The highest BCUT2D eigenvalue weighted by Gasteiger charge is 2.22. The summed E-state index contributed by atoms with van der Waals surface area (Å²) in [5.41, 5.74) is 2.99. The van der Waals surface area contributed by atoms with E-state index in [9.17, 15) is 9.18 Å². The molecule has 0 atom stereocenters. The van der Waals surface area contributed by atoms with Crippen LogP contribution in [0.25, 0.3) is 11.4 Å². The van der Waals surface area contributed by atoms with Crippen molar-refractivity contribution in [3.63, 3.8) is 0 Å². The first-order valence-electron chi connectivity index (χ1n) is 8.96. The van der Waals surface area contributed by atoms with Crippen molar-refractivity contribution in [3.8, 4) is 17.1 Å². The Morgan fingerprint density at radius 3 is 2.75 bits per heavy atom. The molecule has 2 heterocycles. The molecule has 0 aliphatic carbocycles. The van der Waals surface area contributed by atoms with Crippen LogP contribution in [-0.4, -0.2) is 28.5 Å². The van der Waals surface area contributed by atoms with Gasteiger partial charge in [-0.15, -0.1) is 0 Å². The number of H-pyrrole nitrogens is 1. The monoisotopic (exact) mass is 399 g/mol. The fourth-order valence-electron chi connectivity index (χ4n) is 3.43. The van der Waals surface area contributed by atoms with E-state index in [1.807, 2.05) is 18.2 Å². The second-order valence-electron chi connectivity index (χ2n) is 6.78. The summed E-state index contributed by atoms with van der Waals surface area (Å²) >= 11 is 5.93. The number of hydrogen-bond acceptors (Lipinski definition) is 4. The van der Waals surface area contributed by atoms with Crippen molar-refractivity contribution in [2.24, 2.45) is 0 Å². The lowest BCUT2D eigenvalue weighted by Gasteiger charge is -2.27. The lowest BCUT2D eigenvalue weighted by Crippen LogP contribution is -2.35. The van der Waals surface area contributed by atoms with E-state index >= 15 is 0 Å². The molecule has 0 bridgehead atoms. The Hall–Kier alpha value is -2.70. The molecule has 0 fully saturated rings. The molecule has 2 aromatic carbocycles. The van der Waals surface area contributed by atoms with E-state index in [0.29, 0.717) is 35.9 Å². The number of ether oxygens (including phenoxy) is 1. The Kier molecular flexibility index (Phi) is 5.15. The number of nitrogens with one attached hydrogen (secondary N) is 1. The van der Waals surface area contributed by atoms with Gasteiger partial charge in [0.15, 0.2) is 11.6 Å². The zero-order chi connectivity index (χ0) is 19.7. The summed E-state index contributed by atoms with van der Waals surface area (Å²) in [6.07, 6.45) is 0.665. The topological polar surface area (TPSA) is 58.2 Å². The average Bonchev–Trinajstić information content (AvgIpc) is 2.69. The smallest absolute Gasteiger partial charge is 0.255 e. The zero-order valence-electron chi connectivity index (χ0n) is 15.3. The van der Waals surface area contributed by atoms with Crippen LogP contribution in [0.3, 0.4) is 0 Å². The van der Waals surface area contributed by atoms with Crippen molar-refractivity contribution in [1.29, 1.82) is 0 Å². The van der Waals surface area contributed by atoms with Crippen molar-refractivity contribution in [2.45, 2.75) is 19.5 Å². The summed E-state index contributed by atoms with van der Waals surface area (Å²) in [7, 11) is 1.44. The lowest BCUT2D eigenvalue weighted by atomic mass is 10.1. The van der Waals surface area contributed by atoms with E-state index < -0.39 is 0 Å². The summed E-state index contributed by atoms with van der Waals surface area (Å²) < 4.78 is 18.9. The van der Waals surface area contributed by atoms with Crippen molar-refractivity contribution in [3.05, 3.63) is 80.5 Å². The Morgan fingerprint density at radius 1 is 1.25 bits per heavy atom. The van der Waals surface area contributed by atoms with Gasteiger partial charge in [0.1, 0.15) is 5.82 Å². The molecule has 1 N–H and O–H groups in total. The number of rotatable bonds is 4. The molecule has 0 saturated carbocycles. The highest BCUT2D eigenvalue weighted by atomic mass is 35.5. The molecule has 3 aromatic rings. The minimum absolute atomic E-state index is 0.138. The maximum Gasteiger partial charge on any atom is 0.255 e. The number of aromatic nitrogens is 2. The summed E-state index contributed by atoms with van der Waals surface area (Å²) in [6, 6.07) is 12.1. The van der Waals surface area contributed by atoms with Gasteiger partial charge in [0, 0.05) is 36.6 Å². The maximum atomic E-state index is 13.9. The van der Waals surface area contributed by atoms with Crippen LogP contribution in [0.4, 0.5) is 4.39 Å². The molecule has 5 nitrogen and oxygen atoms in total. The molecular formula is C21H19ClFN3O2. The predicted molar refractivity (Wildman–Crippen MR) is 106 cm³/mol. The SMILES string of the molecule is COc1ccc(CN2CCc3nc(-c4ccc(Cl)cc4)[nH]c(=O)c3C2)cc1F. The maximum absolute atomic E-state index is 13.9. The number of methoxy groups -OCH3 is 1. The van der Waals surface area contributed by atoms with Crippen molar-refractivity contribution < 1.29 is 9.13 Å². The first-order chi connectivity index (χ1) is 13.5. The summed E-state index contributed by atoms with van der Waals surface area (Å²) in [4.78, 5) is 22.3. The molecule has 0 saturated heterocycles. The minimum Gasteiger partial charge on any atom is -0.494 e. The highest BCUT2D eigenvalue weighted by Crippen LogP contribution is 2.23. The van der Waals surface area contributed by atoms with E-state index in [0.717, 1.165) is 23.4 Å². The first kappa shape index (κ1) is 18.7. The molecule has 144 valence electrons. The van der Waals surface area contributed by atoms with Gasteiger partial charge in [-0.25, -0.2) is 9.37 Å². The van der Waals surface area contributed by atoms with Crippen LogP contribution in [0.1, 0.15) is 16.8 Å². The van der Waals surface area contributed by atoms with E-state index in [1.54, 1.807) is 18.2 Å². The van der Waals surface area contributed by atoms with Gasteiger partial charge in [-0.2, -0.15) is 0 Å². The van der Waals surface area contributed by atoms with Gasteiger partial charge in [0.05, 0.1) is 18.4 Å². The lowest BCUT2D eigenvalue weighted by molar-refractivity contribution is 0.241. The third-order valence-electron chi connectivity index (χ3n) is 4.89. The van der Waals surface area contributed by atoms with E-state index in [-0.39, 0.29) is 17.1 Å². The van der Waals surface area contributed by atoms with Crippen LogP contribution < -0.4 is 10.3 Å². The van der Waals surface area contributed by atoms with Gasteiger partial charge in [-0.05, 0) is 42.0 Å². The average molecular weight is 400 g/mol. The molecule has 1 aromatic heterocycles. The fourth-order valence-corrected chi connectivity index (χ4v) is 3.55. The van der Waals surface area contributed by atoms with Gasteiger partial charge in [-0.1, -0.05) is 17.7 Å². The largest absolute Gasteiger partial charge is 0.494 e. The summed E-state index contributed by atoms with van der Waals surface area (Å²) in [5.74, 6) is 0.388. The molecule has 4 rings (SSSR count). The second-order valence-corrected chi connectivity index (χ2v) is 7.21. The zero-order valence-corrected chi connectivity index (χ0v) is 16.1. The van der Waals surface area contributed by atoms with E-state index in [1.165, 1.54) is 13.2 Å². The van der Waals surface area contributed by atoms with Crippen LogP contribution in [0, 0.1) is 5.82 Å². The Morgan fingerprint density at radius 2 is 2.04 bits per heavy atom. The van der Waals surface area contributed by atoms with Gasteiger partial charge < -0.3 is 9.72 Å². The number of nitrogens with zero attached hydrogens (tertiary/aromatic N) is 2. The van der Waals surface area contributed by atoms with Crippen LogP contribution >= 0.6 is 11.6 Å². The number of aromatic amines is 1. The van der Waals surface area contributed by atoms with E-state index in [4.69, 9.17) is 16.3 Å². The van der Waals surface area contributed by atoms with Crippen LogP contribution in [-0.2, 0) is 19.5 Å². The van der Waals surface area contributed by atoms with Gasteiger partial charge in [0.25, 0.3) is 5.56 Å². The molecular weight excluding hydrogens is 381 g/mol. The van der Waals surface area contributed by atoms with Crippen molar-refractivity contribution >= 4 is 11.6 Å². The second kappa shape index (κ2) is 7.73. The number of fused-ring (bicyclic) bond motifs is 1. The molecule has 1 aliphatic rings. The van der Waals surface area contributed by atoms with Crippen LogP contribution in [0.2, 0.25) is 5.02 Å². The highest BCUT2D eigenvalue weighted by molar-refractivity contribution is 6.30. The van der Waals surface area contributed by atoms with Crippen LogP contribution in [0.5, 0.6) is 5.75 Å². The molecule has 28 heavy (non-hydrogen) atoms. The Labute approximate surface area is 166 Å². The molecule has 7 heteroatoms. The van der Waals surface area contributed by atoms with Gasteiger partial charge >= 0.3 is 0 Å². The molecule has 0 radical (unpaired) electrons. The fraction of sp³-hybridized carbons (Fsp3) is 0.238. The number of hydrogen-bond donors (Lipinski definition) is 1. The van der Waals surface area contributed by atoms with E-state index in [2.05, 4.69) is 14.9 Å². The minimum atomic E-state index is -0.385. The van der Waals surface area contributed by atoms with Gasteiger partial charge in [-0.3, -0.25) is 9.69 Å². The number of halogens is 2. The van der Waals surface area contributed by atoms with Crippen molar-refractivity contribution in [1.82, 2.24) is 14.9 Å². The molecule has 0 spiro atoms. The third kappa shape index (κ3) is 3.79. The molecule has 0 amide bonds. The quantitative estimate of drug-likeness (QED) is 0.725. The Balaban J connectivity index is 1.55. The summed E-state index contributed by atoms with van der Waals surface area (Å²) in [6.45, 7) is 1.78. The number of benzene rings is 2.